The lowest BCUT2D eigenvalue weighted by molar-refractivity contribution is -0.117. The minimum atomic E-state index is -0.142. The Balaban J connectivity index is 1.55. The lowest BCUT2D eigenvalue weighted by atomic mass is 10.1. The van der Waals surface area contributed by atoms with Crippen LogP contribution in [-0.4, -0.2) is 30.4 Å². The molecule has 1 aliphatic rings. The number of urea groups is 1. The summed E-state index contributed by atoms with van der Waals surface area (Å²) < 4.78 is 0. The van der Waals surface area contributed by atoms with E-state index >= 15 is 0 Å². The normalized spacial score (nSPS) is 14.9. The van der Waals surface area contributed by atoms with Crippen molar-refractivity contribution in [3.8, 4) is 0 Å². The number of hydrogen-bond donors (Lipinski definition) is 1. The van der Waals surface area contributed by atoms with Gasteiger partial charge in [-0.2, -0.15) is 0 Å². The molecule has 0 aromatic heterocycles. The first-order valence-corrected chi connectivity index (χ1v) is 9.49. The maximum atomic E-state index is 12.5. The largest absolute Gasteiger partial charge is 0.334 e. The number of anilines is 1. The number of benzene rings is 2. The third kappa shape index (κ3) is 4.61. The van der Waals surface area contributed by atoms with E-state index in [1.165, 1.54) is 0 Å². The van der Waals surface area contributed by atoms with Crippen LogP contribution in [0.25, 0.3) is 0 Å². The number of nitrogens with one attached hydrogen (secondary N) is 1. The van der Waals surface area contributed by atoms with Gasteiger partial charge in [0.05, 0.1) is 6.04 Å². The number of hydrogen-bond acceptors (Lipinski definition) is 2. The van der Waals surface area contributed by atoms with Crippen molar-refractivity contribution in [1.82, 2.24) is 10.2 Å². The molecule has 0 aliphatic carbocycles. The monoisotopic (exact) mass is 385 g/mol. The molecule has 1 saturated heterocycles. The van der Waals surface area contributed by atoms with E-state index in [0.29, 0.717) is 18.0 Å². The Morgan fingerprint density at radius 3 is 2.44 bits per heavy atom. The van der Waals surface area contributed by atoms with E-state index in [1.54, 1.807) is 11.9 Å². The van der Waals surface area contributed by atoms with Crippen molar-refractivity contribution in [2.24, 2.45) is 0 Å². The minimum absolute atomic E-state index is 0.0641. The molecular formula is C21H24ClN3O2. The molecule has 142 valence electrons. The van der Waals surface area contributed by atoms with E-state index < -0.39 is 0 Å². The van der Waals surface area contributed by atoms with E-state index in [-0.39, 0.29) is 18.0 Å². The van der Waals surface area contributed by atoms with Crippen LogP contribution >= 0.6 is 11.6 Å². The smallest absolute Gasteiger partial charge is 0.317 e. The van der Waals surface area contributed by atoms with Gasteiger partial charge in [-0.3, -0.25) is 4.79 Å². The van der Waals surface area contributed by atoms with Gasteiger partial charge in [0.25, 0.3) is 0 Å². The molecule has 1 aliphatic heterocycles. The van der Waals surface area contributed by atoms with Gasteiger partial charge >= 0.3 is 6.03 Å². The zero-order valence-electron chi connectivity index (χ0n) is 15.6. The van der Waals surface area contributed by atoms with Gasteiger partial charge in [-0.15, -0.1) is 0 Å². The number of nitrogens with zero attached hydrogens (tertiary/aromatic N) is 2. The molecule has 1 unspecified atom stereocenters. The first-order valence-electron chi connectivity index (χ1n) is 9.11. The van der Waals surface area contributed by atoms with Crippen molar-refractivity contribution in [2.45, 2.75) is 32.4 Å². The van der Waals surface area contributed by atoms with E-state index in [9.17, 15) is 9.59 Å². The Labute approximate surface area is 164 Å². The summed E-state index contributed by atoms with van der Waals surface area (Å²) >= 11 is 5.92. The van der Waals surface area contributed by atoms with Gasteiger partial charge in [0.15, 0.2) is 0 Å². The molecule has 5 nitrogen and oxygen atoms in total. The average Bonchev–Trinajstić information content (AvgIpc) is 3.12. The maximum Gasteiger partial charge on any atom is 0.317 e. The van der Waals surface area contributed by atoms with E-state index in [0.717, 1.165) is 29.8 Å². The first kappa shape index (κ1) is 19.2. The second-order valence-corrected chi connectivity index (χ2v) is 7.25. The third-order valence-electron chi connectivity index (χ3n) is 5.02. The van der Waals surface area contributed by atoms with E-state index in [1.807, 2.05) is 60.4 Å². The van der Waals surface area contributed by atoms with Crippen LogP contribution in [0.1, 0.15) is 36.9 Å². The van der Waals surface area contributed by atoms with Gasteiger partial charge in [0.2, 0.25) is 5.91 Å². The number of rotatable bonds is 5. The Hall–Kier alpha value is -2.53. The van der Waals surface area contributed by atoms with Crippen LogP contribution in [-0.2, 0) is 11.3 Å². The summed E-state index contributed by atoms with van der Waals surface area (Å²) in [6.45, 7) is 3.19. The molecule has 2 aromatic rings. The zero-order valence-corrected chi connectivity index (χ0v) is 16.4. The molecule has 1 fully saturated rings. The molecule has 0 saturated carbocycles. The Morgan fingerprint density at radius 1 is 1.19 bits per heavy atom. The molecule has 0 bridgehead atoms. The molecule has 1 atom stereocenters. The summed E-state index contributed by atoms with van der Waals surface area (Å²) in [4.78, 5) is 27.7. The molecule has 0 spiro atoms. The molecule has 1 heterocycles. The maximum absolute atomic E-state index is 12.5. The second kappa shape index (κ2) is 8.44. The van der Waals surface area contributed by atoms with Crippen LogP contribution < -0.4 is 10.2 Å². The van der Waals surface area contributed by atoms with Crippen molar-refractivity contribution in [3.05, 3.63) is 64.7 Å². The van der Waals surface area contributed by atoms with Crippen LogP contribution in [0.5, 0.6) is 0 Å². The molecule has 6 heteroatoms. The summed E-state index contributed by atoms with van der Waals surface area (Å²) in [7, 11) is 1.77. The fourth-order valence-electron chi connectivity index (χ4n) is 3.16. The predicted octanol–water partition coefficient (Wildman–Crippen LogP) is 4.37. The van der Waals surface area contributed by atoms with Gasteiger partial charge in [-0.1, -0.05) is 35.9 Å². The first-order chi connectivity index (χ1) is 13.0. The fourth-order valence-corrected chi connectivity index (χ4v) is 3.28. The molecule has 3 rings (SSSR count). The van der Waals surface area contributed by atoms with Crippen molar-refractivity contribution in [2.75, 3.05) is 18.5 Å². The Bertz CT molecular complexity index is 805. The average molecular weight is 386 g/mol. The van der Waals surface area contributed by atoms with Crippen molar-refractivity contribution in [3.63, 3.8) is 0 Å². The molecule has 27 heavy (non-hydrogen) atoms. The van der Waals surface area contributed by atoms with Crippen LogP contribution in [0.15, 0.2) is 48.5 Å². The summed E-state index contributed by atoms with van der Waals surface area (Å²) in [5.74, 6) is 0.175. The summed E-state index contributed by atoms with van der Waals surface area (Å²) in [6, 6.07) is 15.1. The molecular weight excluding hydrogens is 362 g/mol. The lowest BCUT2D eigenvalue weighted by Crippen LogP contribution is -2.38. The quantitative estimate of drug-likeness (QED) is 0.830. The number of halogens is 1. The van der Waals surface area contributed by atoms with Crippen LogP contribution in [0, 0.1) is 0 Å². The highest BCUT2D eigenvalue weighted by atomic mass is 35.5. The van der Waals surface area contributed by atoms with Crippen LogP contribution in [0.3, 0.4) is 0 Å². The standard InChI is InChI=1S/C21H24ClN3O2/c1-15(17-7-9-18(22)10-8-17)24(2)21(27)23-14-16-5-11-19(12-6-16)25-13-3-4-20(25)26/h5-12,15H,3-4,13-14H2,1-2H3,(H,23,27). The van der Waals surface area contributed by atoms with Gasteiger partial charge in [-0.05, 0) is 48.7 Å². The zero-order chi connectivity index (χ0) is 19.4. The van der Waals surface area contributed by atoms with Gasteiger partial charge in [-0.25, -0.2) is 4.79 Å². The SMILES string of the molecule is CC(c1ccc(Cl)cc1)N(C)C(=O)NCc1ccc(N2CCCC2=O)cc1. The highest BCUT2D eigenvalue weighted by molar-refractivity contribution is 6.30. The van der Waals surface area contributed by atoms with Gasteiger partial charge < -0.3 is 15.1 Å². The number of carbonyl (C=O) groups excluding carboxylic acids is 2. The topological polar surface area (TPSA) is 52.7 Å². The number of amides is 3. The van der Waals surface area contributed by atoms with Crippen molar-refractivity contribution in [1.29, 1.82) is 0 Å². The second-order valence-electron chi connectivity index (χ2n) is 6.81. The van der Waals surface area contributed by atoms with Crippen molar-refractivity contribution < 1.29 is 9.59 Å². The van der Waals surface area contributed by atoms with Crippen LogP contribution in [0.2, 0.25) is 5.02 Å². The third-order valence-corrected chi connectivity index (χ3v) is 5.27. The highest BCUT2D eigenvalue weighted by Crippen LogP contribution is 2.22. The van der Waals surface area contributed by atoms with Crippen molar-refractivity contribution >= 4 is 29.2 Å². The summed E-state index contributed by atoms with van der Waals surface area (Å²) in [6.07, 6.45) is 1.53. The summed E-state index contributed by atoms with van der Waals surface area (Å²) in [5.41, 5.74) is 2.93. The molecule has 3 amide bonds. The highest BCUT2D eigenvalue weighted by Gasteiger charge is 2.21. The molecule has 0 radical (unpaired) electrons. The Kier molecular flexibility index (Phi) is 6.01. The molecule has 1 N–H and O–H groups in total. The van der Waals surface area contributed by atoms with Gasteiger partial charge in [0.1, 0.15) is 0 Å². The lowest BCUT2D eigenvalue weighted by Gasteiger charge is -2.25. The fraction of sp³-hybridized carbons (Fsp3) is 0.333. The van der Waals surface area contributed by atoms with E-state index in [2.05, 4.69) is 5.32 Å². The van der Waals surface area contributed by atoms with Gasteiger partial charge in [0, 0.05) is 37.3 Å². The predicted molar refractivity (Wildman–Crippen MR) is 108 cm³/mol. The summed E-state index contributed by atoms with van der Waals surface area (Å²) in [5, 5.41) is 3.62. The Morgan fingerprint density at radius 2 is 1.85 bits per heavy atom. The van der Waals surface area contributed by atoms with Crippen LogP contribution in [0.4, 0.5) is 10.5 Å². The minimum Gasteiger partial charge on any atom is -0.334 e. The number of carbonyl (C=O) groups is 2. The molecule has 2 aromatic carbocycles. The van der Waals surface area contributed by atoms with E-state index in [4.69, 9.17) is 11.6 Å².